The second-order valence-electron chi connectivity index (χ2n) is 5.49. The van der Waals surface area contributed by atoms with Crippen molar-refractivity contribution in [1.82, 2.24) is 15.1 Å². The van der Waals surface area contributed by atoms with Crippen molar-refractivity contribution < 1.29 is 9.90 Å². The molecule has 0 saturated carbocycles. The number of aromatic amines is 1. The Labute approximate surface area is 107 Å². The Hall–Kier alpha value is -1.36. The summed E-state index contributed by atoms with van der Waals surface area (Å²) < 4.78 is 0. The van der Waals surface area contributed by atoms with E-state index in [0.717, 1.165) is 18.4 Å². The third-order valence-electron chi connectivity index (χ3n) is 3.83. The first-order valence-electron chi connectivity index (χ1n) is 6.47. The molecule has 1 aromatic heterocycles. The Bertz CT molecular complexity index is 400. The van der Waals surface area contributed by atoms with Crippen molar-refractivity contribution in [1.29, 1.82) is 0 Å². The lowest BCUT2D eigenvalue weighted by atomic mass is 9.95. The first kappa shape index (κ1) is 13.1. The molecule has 1 amide bonds. The summed E-state index contributed by atoms with van der Waals surface area (Å²) in [7, 11) is 0. The number of hydrogen-bond donors (Lipinski definition) is 2. The number of β-amino-alcohol motifs (C(OH)–C–C–N with tert-alkyl or cyclic N) is 1. The normalized spacial score (nSPS) is 27.7. The van der Waals surface area contributed by atoms with Gasteiger partial charge >= 0.3 is 0 Å². The van der Waals surface area contributed by atoms with E-state index in [4.69, 9.17) is 0 Å². The summed E-state index contributed by atoms with van der Waals surface area (Å²) in [5.41, 5.74) is 0.393. The zero-order valence-corrected chi connectivity index (χ0v) is 11.0. The molecule has 0 aromatic carbocycles. The maximum Gasteiger partial charge on any atom is 0.222 e. The minimum atomic E-state index is -0.736. The zero-order valence-electron chi connectivity index (χ0n) is 11.0. The van der Waals surface area contributed by atoms with Crippen LogP contribution in [0.15, 0.2) is 12.4 Å². The number of aliphatic hydroxyl groups is 1. The van der Waals surface area contributed by atoms with Crippen molar-refractivity contribution in [2.45, 2.75) is 38.7 Å². The highest BCUT2D eigenvalue weighted by Gasteiger charge is 2.40. The molecule has 5 heteroatoms. The van der Waals surface area contributed by atoms with Crippen LogP contribution >= 0.6 is 0 Å². The average Bonchev–Trinajstić information content (AvgIpc) is 2.88. The van der Waals surface area contributed by atoms with Crippen LogP contribution in [-0.2, 0) is 11.2 Å². The van der Waals surface area contributed by atoms with E-state index >= 15 is 0 Å². The van der Waals surface area contributed by atoms with Crippen molar-refractivity contribution in [2.24, 2.45) is 5.92 Å². The van der Waals surface area contributed by atoms with Crippen LogP contribution < -0.4 is 0 Å². The van der Waals surface area contributed by atoms with E-state index in [1.54, 1.807) is 18.0 Å². The number of nitrogens with zero attached hydrogens (tertiary/aromatic N) is 2. The summed E-state index contributed by atoms with van der Waals surface area (Å²) in [4.78, 5) is 13.8. The van der Waals surface area contributed by atoms with Gasteiger partial charge in [-0.15, -0.1) is 0 Å². The Morgan fingerprint density at radius 2 is 2.50 bits per heavy atom. The first-order valence-corrected chi connectivity index (χ1v) is 6.47. The van der Waals surface area contributed by atoms with Crippen molar-refractivity contribution >= 4 is 5.91 Å². The number of aryl methyl sites for hydroxylation is 1. The third kappa shape index (κ3) is 2.90. The smallest absolute Gasteiger partial charge is 0.222 e. The van der Waals surface area contributed by atoms with Crippen LogP contribution in [0.3, 0.4) is 0 Å². The van der Waals surface area contributed by atoms with Gasteiger partial charge in [-0.2, -0.15) is 5.10 Å². The van der Waals surface area contributed by atoms with Gasteiger partial charge in [0.15, 0.2) is 0 Å². The van der Waals surface area contributed by atoms with Gasteiger partial charge in [0.25, 0.3) is 0 Å². The highest BCUT2D eigenvalue weighted by Crippen LogP contribution is 2.27. The van der Waals surface area contributed by atoms with Crippen molar-refractivity contribution in [3.8, 4) is 0 Å². The Kier molecular flexibility index (Phi) is 3.71. The van der Waals surface area contributed by atoms with Crippen LogP contribution in [0.1, 0.15) is 32.3 Å². The van der Waals surface area contributed by atoms with E-state index in [-0.39, 0.29) is 11.8 Å². The van der Waals surface area contributed by atoms with E-state index in [9.17, 15) is 9.90 Å². The number of amides is 1. The minimum absolute atomic E-state index is 0.142. The maximum absolute atomic E-state index is 12.0. The zero-order chi connectivity index (χ0) is 13.2. The number of carbonyl (C=O) groups is 1. The summed E-state index contributed by atoms with van der Waals surface area (Å²) in [5.74, 6) is 0.290. The molecule has 0 spiro atoms. The Morgan fingerprint density at radius 3 is 3.06 bits per heavy atom. The summed E-state index contributed by atoms with van der Waals surface area (Å²) in [6.45, 7) is 4.91. The number of carbonyl (C=O) groups excluding carboxylic acids is 1. The number of hydrogen-bond acceptors (Lipinski definition) is 3. The lowest BCUT2D eigenvalue weighted by Crippen LogP contribution is -2.35. The predicted molar refractivity (Wildman–Crippen MR) is 67.9 cm³/mol. The first-order chi connectivity index (χ1) is 8.49. The predicted octanol–water partition coefficient (Wildman–Crippen LogP) is 0.962. The Balaban J connectivity index is 1.76. The number of nitrogens with one attached hydrogen (secondary N) is 1. The van der Waals surface area contributed by atoms with Crippen molar-refractivity contribution in [3.63, 3.8) is 0 Å². The van der Waals surface area contributed by atoms with Gasteiger partial charge in [-0.1, -0.05) is 6.92 Å². The van der Waals surface area contributed by atoms with Gasteiger partial charge in [-0.05, 0) is 25.3 Å². The topological polar surface area (TPSA) is 69.2 Å². The summed E-state index contributed by atoms with van der Waals surface area (Å²) in [5, 5.41) is 16.7. The van der Waals surface area contributed by atoms with Gasteiger partial charge < -0.3 is 10.0 Å². The van der Waals surface area contributed by atoms with E-state index in [2.05, 4.69) is 10.2 Å². The van der Waals surface area contributed by atoms with E-state index in [1.807, 2.05) is 13.1 Å². The van der Waals surface area contributed by atoms with Crippen LogP contribution in [0.5, 0.6) is 0 Å². The second-order valence-corrected chi connectivity index (χ2v) is 5.49. The molecule has 1 fully saturated rings. The second kappa shape index (κ2) is 5.10. The molecule has 2 heterocycles. The summed E-state index contributed by atoms with van der Waals surface area (Å²) in [6.07, 6.45) is 5.86. The molecule has 1 aromatic rings. The molecule has 100 valence electrons. The molecular formula is C13H21N3O2. The van der Waals surface area contributed by atoms with E-state index in [0.29, 0.717) is 19.5 Å². The molecular weight excluding hydrogens is 230 g/mol. The molecule has 1 aliphatic rings. The lowest BCUT2D eigenvalue weighted by Gasteiger charge is -2.20. The fourth-order valence-electron chi connectivity index (χ4n) is 2.34. The van der Waals surface area contributed by atoms with Crippen LogP contribution in [0.2, 0.25) is 0 Å². The van der Waals surface area contributed by atoms with Gasteiger partial charge in [0.2, 0.25) is 5.91 Å². The monoisotopic (exact) mass is 251 g/mol. The molecule has 2 rings (SSSR count). The van der Waals surface area contributed by atoms with Crippen molar-refractivity contribution in [3.05, 3.63) is 18.0 Å². The molecule has 2 N–H and O–H groups in total. The van der Waals surface area contributed by atoms with E-state index in [1.165, 1.54) is 0 Å². The molecule has 1 saturated heterocycles. The number of H-pyrrole nitrogens is 1. The van der Waals surface area contributed by atoms with Crippen LogP contribution in [0.4, 0.5) is 0 Å². The summed E-state index contributed by atoms with van der Waals surface area (Å²) in [6, 6.07) is 0. The largest absolute Gasteiger partial charge is 0.388 e. The van der Waals surface area contributed by atoms with Crippen molar-refractivity contribution in [2.75, 3.05) is 13.1 Å². The fraction of sp³-hybridized carbons (Fsp3) is 0.692. The van der Waals surface area contributed by atoms with Crippen LogP contribution in [-0.4, -0.2) is 44.8 Å². The minimum Gasteiger partial charge on any atom is -0.388 e. The standard InChI is InChI=1S/C13H21N3O2/c1-10-8-16(9-13(10,2)18)12(17)5-3-4-11-6-14-15-7-11/h6-7,10,18H,3-5,8-9H2,1-2H3,(H,14,15)/t10-,13+/m1/s1. The number of likely N-dealkylation sites (tertiary alicyclic amines) is 1. The SMILES string of the molecule is C[C@@H]1CN(C(=O)CCCc2cn[nH]c2)C[C@]1(C)O. The molecule has 0 unspecified atom stereocenters. The molecule has 0 radical (unpaired) electrons. The fourth-order valence-corrected chi connectivity index (χ4v) is 2.34. The molecule has 0 bridgehead atoms. The average molecular weight is 251 g/mol. The van der Waals surface area contributed by atoms with Crippen LogP contribution in [0.25, 0.3) is 0 Å². The molecule has 18 heavy (non-hydrogen) atoms. The molecule has 5 nitrogen and oxygen atoms in total. The lowest BCUT2D eigenvalue weighted by molar-refractivity contribution is -0.131. The maximum atomic E-state index is 12.0. The van der Waals surface area contributed by atoms with Gasteiger partial charge in [-0.25, -0.2) is 0 Å². The molecule has 1 aliphatic heterocycles. The third-order valence-corrected chi connectivity index (χ3v) is 3.83. The van der Waals surface area contributed by atoms with Gasteiger partial charge in [0, 0.05) is 31.6 Å². The Morgan fingerprint density at radius 1 is 1.72 bits per heavy atom. The van der Waals surface area contributed by atoms with Gasteiger partial charge in [0.05, 0.1) is 11.8 Å². The van der Waals surface area contributed by atoms with Gasteiger partial charge in [0.1, 0.15) is 0 Å². The number of aromatic nitrogens is 2. The van der Waals surface area contributed by atoms with Crippen LogP contribution in [0, 0.1) is 5.92 Å². The highest BCUT2D eigenvalue weighted by molar-refractivity contribution is 5.76. The van der Waals surface area contributed by atoms with Gasteiger partial charge in [-0.3, -0.25) is 9.89 Å². The summed E-state index contributed by atoms with van der Waals surface area (Å²) >= 11 is 0. The molecule has 2 atom stereocenters. The van der Waals surface area contributed by atoms with E-state index < -0.39 is 5.60 Å². The molecule has 0 aliphatic carbocycles. The quantitative estimate of drug-likeness (QED) is 0.837. The highest BCUT2D eigenvalue weighted by atomic mass is 16.3. The number of rotatable bonds is 4.